The lowest BCUT2D eigenvalue weighted by atomic mass is 10.1. The summed E-state index contributed by atoms with van der Waals surface area (Å²) in [5.74, 6) is -1.57. The number of aromatic carboxylic acids is 1. The molecule has 2 aromatic rings. The molecule has 1 aliphatic heterocycles. The molecule has 0 unspecified atom stereocenters. The van der Waals surface area contributed by atoms with Crippen molar-refractivity contribution < 1.29 is 19.5 Å². The summed E-state index contributed by atoms with van der Waals surface area (Å²) < 4.78 is 0. The van der Waals surface area contributed by atoms with Gasteiger partial charge in [0.2, 0.25) is 11.8 Å². The summed E-state index contributed by atoms with van der Waals surface area (Å²) in [6.07, 6.45) is 1.26. The Hall–Kier alpha value is -3.42. The van der Waals surface area contributed by atoms with Crippen LogP contribution in [-0.4, -0.2) is 45.9 Å². The lowest BCUT2D eigenvalue weighted by Crippen LogP contribution is -2.33. The number of anilines is 1. The summed E-state index contributed by atoms with van der Waals surface area (Å²) in [6, 6.07) is 9.49. The molecule has 3 N–H and O–H groups in total. The molecule has 0 spiro atoms. The number of carbonyl (C=O) groups is 3. The maximum Gasteiger partial charge on any atom is 0.341 e. The molecule has 1 aromatic heterocycles. The van der Waals surface area contributed by atoms with Crippen LogP contribution in [0.5, 0.6) is 0 Å². The van der Waals surface area contributed by atoms with Crippen molar-refractivity contribution in [1.29, 1.82) is 0 Å². The number of aromatic nitrogens is 1. The highest BCUT2D eigenvalue weighted by Gasteiger charge is 2.22. The highest BCUT2D eigenvalue weighted by molar-refractivity contribution is 5.95. The van der Waals surface area contributed by atoms with Crippen molar-refractivity contribution in [1.82, 2.24) is 9.88 Å². The first-order chi connectivity index (χ1) is 12.4. The van der Waals surface area contributed by atoms with Gasteiger partial charge < -0.3 is 20.3 Å². The summed E-state index contributed by atoms with van der Waals surface area (Å²) in [7, 11) is 0. The van der Waals surface area contributed by atoms with Gasteiger partial charge >= 0.3 is 5.97 Å². The average molecular weight is 355 g/mol. The summed E-state index contributed by atoms with van der Waals surface area (Å²) in [4.78, 5) is 50.2. The van der Waals surface area contributed by atoms with Crippen molar-refractivity contribution in [2.75, 3.05) is 18.4 Å². The summed E-state index contributed by atoms with van der Waals surface area (Å²) in [6.45, 7) is 0.634. The number of H-pyrrole nitrogens is 1. The normalized spacial score (nSPS) is 13.7. The molecule has 0 radical (unpaired) electrons. The van der Waals surface area contributed by atoms with Gasteiger partial charge in [0.1, 0.15) is 5.56 Å². The van der Waals surface area contributed by atoms with E-state index in [9.17, 15) is 19.2 Å². The number of likely N-dealkylation sites (tertiary alicyclic amines) is 1. The van der Waals surface area contributed by atoms with E-state index in [2.05, 4.69) is 10.3 Å². The fourth-order valence-corrected chi connectivity index (χ4v) is 2.79. The number of nitrogens with zero attached hydrogens (tertiary/aromatic N) is 1. The summed E-state index contributed by atoms with van der Waals surface area (Å²) in [5.41, 5.74) is 0.707. The molecule has 0 bridgehead atoms. The quantitative estimate of drug-likeness (QED) is 0.747. The molecule has 1 saturated heterocycles. The van der Waals surface area contributed by atoms with Crippen LogP contribution in [0.4, 0.5) is 5.69 Å². The van der Waals surface area contributed by atoms with Crippen molar-refractivity contribution in [2.24, 2.45) is 0 Å². The molecular weight excluding hydrogens is 338 g/mol. The molecular formula is C18H17N3O5. The Morgan fingerprint density at radius 1 is 1.12 bits per heavy atom. The number of pyridine rings is 1. The maximum absolute atomic E-state index is 12.0. The number of nitrogens with one attached hydrogen (secondary N) is 2. The highest BCUT2D eigenvalue weighted by Crippen LogP contribution is 2.19. The van der Waals surface area contributed by atoms with Crippen molar-refractivity contribution in [3.05, 3.63) is 52.3 Å². The van der Waals surface area contributed by atoms with E-state index in [1.165, 1.54) is 17.0 Å². The fourth-order valence-electron chi connectivity index (χ4n) is 2.79. The predicted molar refractivity (Wildman–Crippen MR) is 93.9 cm³/mol. The first kappa shape index (κ1) is 17.4. The van der Waals surface area contributed by atoms with Gasteiger partial charge in [-0.2, -0.15) is 0 Å². The topological polar surface area (TPSA) is 120 Å². The van der Waals surface area contributed by atoms with Crippen LogP contribution in [0.3, 0.4) is 0 Å². The van der Waals surface area contributed by atoms with E-state index in [1.54, 1.807) is 24.3 Å². The number of rotatable bonds is 5. The Bertz CT molecular complexity index is 917. The molecule has 8 nitrogen and oxygen atoms in total. The molecule has 0 atom stereocenters. The summed E-state index contributed by atoms with van der Waals surface area (Å²) >= 11 is 0. The molecule has 2 amide bonds. The minimum absolute atomic E-state index is 0.00994. The maximum atomic E-state index is 12.0. The lowest BCUT2D eigenvalue weighted by molar-refractivity contribution is -0.131. The zero-order valence-electron chi connectivity index (χ0n) is 13.8. The van der Waals surface area contributed by atoms with Crippen LogP contribution in [0.2, 0.25) is 0 Å². The molecule has 0 aliphatic carbocycles. The first-order valence-corrected chi connectivity index (χ1v) is 8.09. The second-order valence-corrected chi connectivity index (χ2v) is 5.96. The summed E-state index contributed by atoms with van der Waals surface area (Å²) in [5, 5.41) is 11.6. The monoisotopic (exact) mass is 355 g/mol. The number of carboxylic acid groups (broad SMARTS) is 1. The molecule has 0 saturated carbocycles. The highest BCUT2D eigenvalue weighted by atomic mass is 16.4. The predicted octanol–water partition coefficient (Wildman–Crippen LogP) is 1.30. The van der Waals surface area contributed by atoms with E-state index in [4.69, 9.17) is 5.11 Å². The fraction of sp³-hybridized carbons (Fsp3) is 0.222. The van der Waals surface area contributed by atoms with E-state index in [1.807, 2.05) is 0 Å². The largest absolute Gasteiger partial charge is 0.477 e. The molecule has 8 heteroatoms. The number of hydrogen-bond acceptors (Lipinski definition) is 4. The Kier molecular flexibility index (Phi) is 4.83. The van der Waals surface area contributed by atoms with E-state index in [0.717, 1.165) is 6.42 Å². The third-order valence-electron chi connectivity index (χ3n) is 4.13. The second kappa shape index (κ2) is 7.22. The number of aromatic amines is 1. The number of amides is 2. The SMILES string of the molecule is O=C(CN1CCCC1=O)Nc1ccc(-c2ccc(C(=O)O)c(=O)[nH]2)cc1. The first-order valence-electron chi connectivity index (χ1n) is 8.09. The Morgan fingerprint density at radius 2 is 1.85 bits per heavy atom. The van der Waals surface area contributed by atoms with Crippen LogP contribution >= 0.6 is 0 Å². The van der Waals surface area contributed by atoms with Gasteiger partial charge in [0.15, 0.2) is 0 Å². The number of carboxylic acids is 1. The molecule has 1 fully saturated rings. The van der Waals surface area contributed by atoms with Crippen LogP contribution in [0.15, 0.2) is 41.2 Å². The van der Waals surface area contributed by atoms with Crippen LogP contribution in [0.25, 0.3) is 11.3 Å². The molecule has 26 heavy (non-hydrogen) atoms. The van der Waals surface area contributed by atoms with Crippen LogP contribution in [0.1, 0.15) is 23.2 Å². The van der Waals surface area contributed by atoms with Gasteiger partial charge in [0, 0.05) is 24.3 Å². The lowest BCUT2D eigenvalue weighted by Gasteiger charge is -2.15. The minimum Gasteiger partial charge on any atom is -0.477 e. The van der Waals surface area contributed by atoms with Crippen LogP contribution < -0.4 is 10.9 Å². The second-order valence-electron chi connectivity index (χ2n) is 5.96. The number of carbonyl (C=O) groups excluding carboxylic acids is 2. The van der Waals surface area contributed by atoms with Gasteiger partial charge in [0.25, 0.3) is 5.56 Å². The number of benzene rings is 1. The molecule has 3 rings (SSSR count). The van der Waals surface area contributed by atoms with Gasteiger partial charge in [-0.15, -0.1) is 0 Å². The van der Waals surface area contributed by atoms with Crippen molar-refractivity contribution in [3.63, 3.8) is 0 Å². The van der Waals surface area contributed by atoms with Gasteiger partial charge in [-0.3, -0.25) is 14.4 Å². The smallest absolute Gasteiger partial charge is 0.341 e. The average Bonchev–Trinajstić information content (AvgIpc) is 3.00. The minimum atomic E-state index is -1.28. The standard InChI is InChI=1S/C18H17N3O5/c22-15(10-21-9-1-2-16(21)23)19-12-5-3-11(4-6-12)14-8-7-13(18(25)26)17(24)20-14/h3-8H,1-2,9-10H2,(H,19,22)(H,20,24)(H,25,26). The zero-order valence-corrected chi connectivity index (χ0v) is 13.8. The third-order valence-corrected chi connectivity index (χ3v) is 4.13. The van der Waals surface area contributed by atoms with Crippen LogP contribution in [0, 0.1) is 0 Å². The Balaban J connectivity index is 1.67. The van der Waals surface area contributed by atoms with Gasteiger partial charge in [-0.25, -0.2) is 4.79 Å². The number of hydrogen-bond donors (Lipinski definition) is 3. The van der Waals surface area contributed by atoms with Gasteiger partial charge in [0.05, 0.1) is 6.54 Å². The van der Waals surface area contributed by atoms with Gasteiger partial charge in [-0.05, 0) is 36.2 Å². The Morgan fingerprint density at radius 3 is 2.42 bits per heavy atom. The zero-order chi connectivity index (χ0) is 18.7. The van der Waals surface area contributed by atoms with E-state index >= 15 is 0 Å². The van der Waals surface area contributed by atoms with Crippen LogP contribution in [-0.2, 0) is 9.59 Å². The Labute approximate surface area is 148 Å². The van der Waals surface area contributed by atoms with Crippen molar-refractivity contribution >= 4 is 23.5 Å². The third kappa shape index (κ3) is 3.80. The molecule has 134 valence electrons. The molecule has 1 aromatic carbocycles. The van der Waals surface area contributed by atoms with Crippen molar-refractivity contribution in [2.45, 2.75) is 12.8 Å². The molecule has 2 heterocycles. The van der Waals surface area contributed by atoms with Gasteiger partial charge in [-0.1, -0.05) is 12.1 Å². The van der Waals surface area contributed by atoms with Crippen molar-refractivity contribution in [3.8, 4) is 11.3 Å². The van der Waals surface area contributed by atoms with E-state index in [-0.39, 0.29) is 23.9 Å². The molecule has 1 aliphatic rings. The van der Waals surface area contributed by atoms with E-state index < -0.39 is 11.5 Å². The van der Waals surface area contributed by atoms with E-state index in [0.29, 0.717) is 29.9 Å².